The minimum absolute atomic E-state index is 0.579. The number of hydrogen-bond acceptors (Lipinski definition) is 4. The van der Waals surface area contributed by atoms with Gasteiger partial charge in [-0.25, -0.2) is 0 Å². The second-order valence-corrected chi connectivity index (χ2v) is 5.28. The largest absolute Gasteiger partial charge is 0.326 e. The highest BCUT2D eigenvalue weighted by Crippen LogP contribution is 2.54. The molecule has 0 aliphatic carbocycles. The van der Waals surface area contributed by atoms with E-state index in [9.17, 15) is 0 Å². The van der Waals surface area contributed by atoms with E-state index in [4.69, 9.17) is 9.05 Å². The summed E-state index contributed by atoms with van der Waals surface area (Å²) in [5.74, 6) is 1.16. The quantitative estimate of drug-likeness (QED) is 0.508. The lowest BCUT2D eigenvalue weighted by Crippen LogP contribution is -2.00. The lowest BCUT2D eigenvalue weighted by atomic mass is 10.5. The summed E-state index contributed by atoms with van der Waals surface area (Å²) in [6.45, 7) is 1.43. The second kappa shape index (κ2) is 5.95. The lowest BCUT2D eigenvalue weighted by molar-refractivity contribution is 0.283. The normalized spacial score (nSPS) is 26.1. The van der Waals surface area contributed by atoms with E-state index < -0.39 is 7.58 Å². The van der Waals surface area contributed by atoms with Gasteiger partial charge >= 0.3 is 0 Å². The van der Waals surface area contributed by atoms with Crippen LogP contribution in [0.5, 0.6) is 0 Å². The van der Waals surface area contributed by atoms with Gasteiger partial charge in [0.05, 0.1) is 13.2 Å². The van der Waals surface area contributed by atoms with Crippen LogP contribution >= 0.6 is 19.0 Å². The molecule has 0 saturated carbocycles. The van der Waals surface area contributed by atoms with Crippen molar-refractivity contribution in [1.29, 1.82) is 0 Å². The molecule has 1 unspecified atom stereocenters. The van der Waals surface area contributed by atoms with Gasteiger partial charge in [-0.2, -0.15) is 0 Å². The van der Waals surface area contributed by atoms with E-state index in [1.807, 2.05) is 0 Å². The van der Waals surface area contributed by atoms with Crippen molar-refractivity contribution in [3.8, 4) is 0 Å². The van der Waals surface area contributed by atoms with Crippen LogP contribution in [0.4, 0.5) is 0 Å². The Labute approximate surface area is 72.2 Å². The molecule has 5 heteroatoms. The molecule has 0 spiro atoms. The van der Waals surface area contributed by atoms with Crippen molar-refractivity contribution >= 4 is 25.2 Å². The molecular weight excluding hydrogens is 181 g/mol. The standard InChI is InChI=1S/C6H12NO2PS/c1-7-3-5-9-10-8-4-2-6-11-10/h3H,2,4-6H2,1H3. The maximum atomic E-state index is 5.38. The highest BCUT2D eigenvalue weighted by molar-refractivity contribution is 8.52. The fourth-order valence-corrected chi connectivity index (χ4v) is 3.39. The number of aliphatic imine (C=N–C) groups is 1. The molecule has 11 heavy (non-hydrogen) atoms. The lowest BCUT2D eigenvalue weighted by Gasteiger charge is -2.19. The van der Waals surface area contributed by atoms with E-state index in [-0.39, 0.29) is 0 Å². The molecular formula is C6H12NO2PS. The van der Waals surface area contributed by atoms with Crippen molar-refractivity contribution in [3.05, 3.63) is 0 Å². The Morgan fingerprint density at radius 2 is 2.73 bits per heavy atom. The summed E-state index contributed by atoms with van der Waals surface area (Å²) in [6.07, 6.45) is 2.90. The van der Waals surface area contributed by atoms with E-state index in [0.717, 1.165) is 18.8 Å². The molecule has 1 rings (SSSR count). The van der Waals surface area contributed by atoms with E-state index in [1.54, 1.807) is 24.6 Å². The topological polar surface area (TPSA) is 30.8 Å². The van der Waals surface area contributed by atoms with Gasteiger partial charge in [-0.3, -0.25) is 4.99 Å². The fraction of sp³-hybridized carbons (Fsp3) is 0.833. The Kier molecular flexibility index (Phi) is 5.12. The molecule has 0 N–H and O–H groups in total. The van der Waals surface area contributed by atoms with Gasteiger partial charge in [0.15, 0.2) is 0 Å². The second-order valence-electron chi connectivity index (χ2n) is 1.98. The monoisotopic (exact) mass is 193 g/mol. The molecule has 1 saturated heterocycles. The Bertz CT molecular complexity index is 128. The molecule has 0 amide bonds. The maximum absolute atomic E-state index is 5.38. The summed E-state index contributed by atoms with van der Waals surface area (Å²) in [7, 11) is 1.08. The first-order chi connectivity index (χ1) is 5.43. The summed E-state index contributed by atoms with van der Waals surface area (Å²) in [5, 5.41) is 0. The first-order valence-electron chi connectivity index (χ1n) is 3.53. The maximum Gasteiger partial charge on any atom is 0.238 e. The van der Waals surface area contributed by atoms with Crippen LogP contribution in [0.2, 0.25) is 0 Å². The predicted molar refractivity (Wildman–Crippen MR) is 50.3 cm³/mol. The molecule has 0 radical (unpaired) electrons. The molecule has 1 fully saturated rings. The van der Waals surface area contributed by atoms with Gasteiger partial charge in [0.2, 0.25) is 7.58 Å². The molecule has 64 valence electrons. The summed E-state index contributed by atoms with van der Waals surface area (Å²) in [6, 6.07) is 0. The summed E-state index contributed by atoms with van der Waals surface area (Å²) < 4.78 is 10.7. The molecule has 0 aromatic rings. The van der Waals surface area contributed by atoms with E-state index in [2.05, 4.69) is 4.99 Å². The zero-order chi connectivity index (χ0) is 7.94. The highest BCUT2D eigenvalue weighted by atomic mass is 32.7. The zero-order valence-corrected chi connectivity index (χ0v) is 8.24. The summed E-state index contributed by atoms with van der Waals surface area (Å²) in [4.78, 5) is 3.82. The number of nitrogens with zero attached hydrogens (tertiary/aromatic N) is 1. The van der Waals surface area contributed by atoms with Crippen molar-refractivity contribution in [2.45, 2.75) is 6.42 Å². The number of rotatable bonds is 3. The van der Waals surface area contributed by atoms with Gasteiger partial charge in [0.25, 0.3) is 0 Å². The predicted octanol–water partition coefficient (Wildman–Crippen LogP) is 2.08. The third-order valence-corrected chi connectivity index (χ3v) is 4.37. The average molecular weight is 193 g/mol. The minimum atomic E-state index is -0.658. The van der Waals surface area contributed by atoms with Gasteiger partial charge in [0.1, 0.15) is 0 Å². The molecule has 0 aromatic carbocycles. The van der Waals surface area contributed by atoms with Gasteiger partial charge < -0.3 is 9.05 Å². The van der Waals surface area contributed by atoms with Crippen molar-refractivity contribution < 1.29 is 9.05 Å². The van der Waals surface area contributed by atoms with E-state index in [0.29, 0.717) is 6.61 Å². The Balaban J connectivity index is 2.04. The molecule has 1 atom stereocenters. The molecule has 3 nitrogen and oxygen atoms in total. The van der Waals surface area contributed by atoms with Crippen LogP contribution in [-0.2, 0) is 9.05 Å². The molecule has 1 aliphatic heterocycles. The smallest absolute Gasteiger partial charge is 0.238 e. The van der Waals surface area contributed by atoms with E-state index >= 15 is 0 Å². The molecule has 0 bridgehead atoms. The summed E-state index contributed by atoms with van der Waals surface area (Å²) in [5.41, 5.74) is 0. The molecule has 1 heterocycles. The van der Waals surface area contributed by atoms with Crippen LogP contribution in [-0.4, -0.2) is 32.2 Å². The van der Waals surface area contributed by atoms with Crippen molar-refractivity contribution in [1.82, 2.24) is 0 Å². The van der Waals surface area contributed by atoms with Crippen LogP contribution < -0.4 is 0 Å². The first kappa shape index (κ1) is 9.46. The van der Waals surface area contributed by atoms with Crippen LogP contribution in [0.3, 0.4) is 0 Å². The molecule has 1 aliphatic rings. The highest BCUT2D eigenvalue weighted by Gasteiger charge is 2.14. The number of hydrogen-bond donors (Lipinski definition) is 0. The van der Waals surface area contributed by atoms with Crippen molar-refractivity contribution in [3.63, 3.8) is 0 Å². The Morgan fingerprint density at radius 1 is 1.82 bits per heavy atom. The van der Waals surface area contributed by atoms with Crippen LogP contribution in [0.1, 0.15) is 6.42 Å². The van der Waals surface area contributed by atoms with Crippen LogP contribution in [0.15, 0.2) is 4.99 Å². The SMILES string of the molecule is CN=CCOP1OCCCS1. The summed E-state index contributed by atoms with van der Waals surface area (Å²) >= 11 is 1.77. The van der Waals surface area contributed by atoms with Gasteiger partial charge in [0, 0.05) is 19.0 Å². The zero-order valence-electron chi connectivity index (χ0n) is 6.52. The first-order valence-corrected chi connectivity index (χ1v) is 6.30. The van der Waals surface area contributed by atoms with Crippen molar-refractivity contribution in [2.24, 2.45) is 4.99 Å². The van der Waals surface area contributed by atoms with Crippen LogP contribution in [0.25, 0.3) is 0 Å². The van der Waals surface area contributed by atoms with Crippen molar-refractivity contribution in [2.75, 3.05) is 26.0 Å². The van der Waals surface area contributed by atoms with Gasteiger partial charge in [-0.1, -0.05) is 11.4 Å². The third kappa shape index (κ3) is 4.06. The third-order valence-electron chi connectivity index (χ3n) is 1.12. The Morgan fingerprint density at radius 3 is 3.36 bits per heavy atom. The van der Waals surface area contributed by atoms with Gasteiger partial charge in [-0.15, -0.1) is 0 Å². The fourth-order valence-electron chi connectivity index (χ4n) is 0.618. The molecule has 0 aromatic heterocycles. The minimum Gasteiger partial charge on any atom is -0.326 e. The Hall–Kier alpha value is 0.370. The average Bonchev–Trinajstić information content (AvgIpc) is 2.07. The van der Waals surface area contributed by atoms with Gasteiger partial charge in [-0.05, 0) is 6.42 Å². The van der Waals surface area contributed by atoms with Crippen LogP contribution in [0, 0.1) is 0 Å². The van der Waals surface area contributed by atoms with E-state index in [1.165, 1.54) is 0 Å².